The molecule has 0 aliphatic heterocycles. The molecule has 0 bridgehead atoms. The molecule has 0 saturated heterocycles. The molecule has 0 spiro atoms. The Morgan fingerprint density at radius 1 is 1.38 bits per heavy atom. The van der Waals surface area contributed by atoms with Crippen molar-refractivity contribution in [3.05, 3.63) is 28.2 Å². The molecule has 1 heterocycles. The molecule has 5 heteroatoms. The molecular weight excluding hydrogens is 294 g/mol. The molecule has 86 valence electrons. The van der Waals surface area contributed by atoms with E-state index in [9.17, 15) is 4.39 Å². The van der Waals surface area contributed by atoms with E-state index in [0.717, 1.165) is 36.1 Å². The minimum Gasteiger partial charge on any atom is -0.342 e. The lowest BCUT2D eigenvalue weighted by atomic mass is 10.2. The van der Waals surface area contributed by atoms with Gasteiger partial charge >= 0.3 is 0 Å². The van der Waals surface area contributed by atoms with Crippen LogP contribution < -0.4 is 0 Å². The summed E-state index contributed by atoms with van der Waals surface area (Å²) >= 11 is 8.74. The first kappa shape index (κ1) is 11.9. The normalized spacial score (nSPS) is 11.2. The van der Waals surface area contributed by atoms with Crippen LogP contribution in [0.4, 0.5) is 4.39 Å². The Labute approximate surface area is 106 Å². The molecule has 0 atom stereocenters. The van der Waals surface area contributed by atoms with Crippen molar-refractivity contribution in [1.29, 1.82) is 0 Å². The number of nitrogens with one attached hydrogen (secondary N) is 1. The van der Waals surface area contributed by atoms with Crippen molar-refractivity contribution in [3.8, 4) is 0 Å². The van der Waals surface area contributed by atoms with Gasteiger partial charge < -0.3 is 4.98 Å². The van der Waals surface area contributed by atoms with Crippen molar-refractivity contribution in [2.45, 2.75) is 19.3 Å². The molecule has 1 aromatic carbocycles. The maximum atomic E-state index is 13.3. The van der Waals surface area contributed by atoms with Crippen LogP contribution in [-0.4, -0.2) is 15.8 Å². The number of alkyl halides is 1. The van der Waals surface area contributed by atoms with Crippen LogP contribution in [0.3, 0.4) is 0 Å². The first-order valence-corrected chi connectivity index (χ1v) is 6.43. The monoisotopic (exact) mass is 304 g/mol. The summed E-state index contributed by atoms with van der Waals surface area (Å²) in [6, 6.07) is 3.14. The van der Waals surface area contributed by atoms with Crippen LogP contribution in [0, 0.1) is 5.82 Å². The van der Waals surface area contributed by atoms with E-state index in [1.165, 1.54) is 6.07 Å². The highest BCUT2D eigenvalue weighted by atomic mass is 79.9. The second-order valence-electron chi connectivity index (χ2n) is 3.61. The molecule has 1 aromatic heterocycles. The van der Waals surface area contributed by atoms with Gasteiger partial charge in [0, 0.05) is 18.4 Å². The van der Waals surface area contributed by atoms with Crippen LogP contribution >= 0.6 is 27.5 Å². The number of aryl methyl sites for hydroxylation is 1. The van der Waals surface area contributed by atoms with Crippen LogP contribution in [0.1, 0.15) is 18.7 Å². The van der Waals surface area contributed by atoms with Gasteiger partial charge in [0.15, 0.2) is 0 Å². The van der Waals surface area contributed by atoms with Crippen molar-refractivity contribution in [2.24, 2.45) is 0 Å². The molecule has 0 saturated carbocycles. The number of fused-ring (bicyclic) bond motifs is 1. The van der Waals surface area contributed by atoms with Crippen LogP contribution in [0.5, 0.6) is 0 Å². The Bertz CT molecular complexity index is 459. The Morgan fingerprint density at radius 3 is 2.94 bits per heavy atom. The molecule has 0 fully saturated rings. The molecule has 2 aromatic rings. The number of hydrogen-bond acceptors (Lipinski definition) is 1. The van der Waals surface area contributed by atoms with E-state index >= 15 is 0 Å². The SMILES string of the molecule is Fc1cc2[nH]c(CCCCCl)nc2cc1Br. The van der Waals surface area contributed by atoms with Gasteiger partial charge in [0.25, 0.3) is 0 Å². The number of imidazole rings is 1. The van der Waals surface area contributed by atoms with Gasteiger partial charge in [0.1, 0.15) is 11.6 Å². The van der Waals surface area contributed by atoms with Crippen molar-refractivity contribution >= 4 is 38.6 Å². The first-order chi connectivity index (χ1) is 7.70. The number of unbranched alkanes of at least 4 members (excludes halogenated alkanes) is 1. The Balaban J connectivity index is 2.23. The lowest BCUT2D eigenvalue weighted by molar-refractivity contribution is 0.623. The summed E-state index contributed by atoms with van der Waals surface area (Å²) in [6.07, 6.45) is 2.81. The van der Waals surface area contributed by atoms with E-state index in [1.54, 1.807) is 6.07 Å². The van der Waals surface area contributed by atoms with Crippen LogP contribution in [0.2, 0.25) is 0 Å². The molecule has 1 N–H and O–H groups in total. The molecule has 16 heavy (non-hydrogen) atoms. The van der Waals surface area contributed by atoms with Crippen LogP contribution in [-0.2, 0) is 6.42 Å². The molecule has 0 aliphatic rings. The fourth-order valence-electron chi connectivity index (χ4n) is 1.56. The lowest BCUT2D eigenvalue weighted by Crippen LogP contribution is -1.88. The number of H-pyrrole nitrogens is 1. The van der Waals surface area contributed by atoms with Gasteiger partial charge in [-0.25, -0.2) is 9.37 Å². The highest BCUT2D eigenvalue weighted by Crippen LogP contribution is 2.22. The predicted octanol–water partition coefficient (Wildman–Crippen LogP) is 4.03. The number of aromatic nitrogens is 2. The second-order valence-corrected chi connectivity index (χ2v) is 4.85. The molecule has 2 rings (SSSR count). The van der Waals surface area contributed by atoms with Gasteiger partial charge in [0.05, 0.1) is 15.5 Å². The van der Waals surface area contributed by atoms with Gasteiger partial charge in [-0.2, -0.15) is 0 Å². The Morgan fingerprint density at radius 2 is 2.19 bits per heavy atom. The number of nitrogens with zero attached hydrogens (tertiary/aromatic N) is 1. The van der Waals surface area contributed by atoms with Crippen LogP contribution in [0.15, 0.2) is 16.6 Å². The topological polar surface area (TPSA) is 28.7 Å². The Hall–Kier alpha value is -0.610. The Kier molecular flexibility index (Phi) is 3.82. The van der Waals surface area contributed by atoms with Crippen molar-refractivity contribution < 1.29 is 4.39 Å². The molecule has 0 aliphatic carbocycles. The van der Waals surface area contributed by atoms with Gasteiger partial charge in [-0.1, -0.05) is 0 Å². The van der Waals surface area contributed by atoms with E-state index in [-0.39, 0.29) is 5.82 Å². The van der Waals surface area contributed by atoms with E-state index in [1.807, 2.05) is 0 Å². The zero-order valence-electron chi connectivity index (χ0n) is 8.56. The molecule has 0 unspecified atom stereocenters. The molecule has 2 nitrogen and oxygen atoms in total. The number of benzene rings is 1. The molecule has 0 radical (unpaired) electrons. The van der Waals surface area contributed by atoms with Crippen molar-refractivity contribution in [1.82, 2.24) is 9.97 Å². The quantitative estimate of drug-likeness (QED) is 0.670. The third-order valence-electron chi connectivity index (χ3n) is 2.37. The fraction of sp³-hybridized carbons (Fsp3) is 0.364. The van der Waals surface area contributed by atoms with E-state index in [2.05, 4.69) is 25.9 Å². The predicted molar refractivity (Wildman–Crippen MR) is 67.4 cm³/mol. The van der Waals surface area contributed by atoms with Crippen LogP contribution in [0.25, 0.3) is 11.0 Å². The number of aromatic amines is 1. The summed E-state index contributed by atoms with van der Waals surface area (Å²) < 4.78 is 13.7. The number of halogens is 3. The molecule has 0 amide bonds. The summed E-state index contributed by atoms with van der Waals surface area (Å²) in [5, 5.41) is 0. The third-order valence-corrected chi connectivity index (χ3v) is 3.25. The van der Waals surface area contributed by atoms with Gasteiger partial charge in [-0.3, -0.25) is 0 Å². The summed E-state index contributed by atoms with van der Waals surface area (Å²) in [6.45, 7) is 0. The van der Waals surface area contributed by atoms with Gasteiger partial charge in [-0.05, 0) is 34.8 Å². The number of rotatable bonds is 4. The fourth-order valence-corrected chi connectivity index (χ4v) is 2.08. The average Bonchev–Trinajstić information content (AvgIpc) is 2.61. The summed E-state index contributed by atoms with van der Waals surface area (Å²) in [7, 11) is 0. The minimum atomic E-state index is -0.275. The maximum Gasteiger partial charge on any atom is 0.139 e. The zero-order valence-corrected chi connectivity index (χ0v) is 10.9. The van der Waals surface area contributed by atoms with Gasteiger partial charge in [0.2, 0.25) is 0 Å². The highest BCUT2D eigenvalue weighted by molar-refractivity contribution is 9.10. The first-order valence-electron chi connectivity index (χ1n) is 5.10. The number of hydrogen-bond donors (Lipinski definition) is 1. The van der Waals surface area contributed by atoms with E-state index in [4.69, 9.17) is 11.6 Å². The maximum absolute atomic E-state index is 13.3. The van der Waals surface area contributed by atoms with Gasteiger partial charge in [-0.15, -0.1) is 11.6 Å². The van der Waals surface area contributed by atoms with Crippen molar-refractivity contribution in [3.63, 3.8) is 0 Å². The van der Waals surface area contributed by atoms with E-state index < -0.39 is 0 Å². The highest BCUT2D eigenvalue weighted by Gasteiger charge is 2.06. The lowest BCUT2D eigenvalue weighted by Gasteiger charge is -1.93. The molecular formula is C11H11BrClFN2. The summed E-state index contributed by atoms with van der Waals surface area (Å²) in [5.41, 5.74) is 1.52. The summed E-state index contributed by atoms with van der Waals surface area (Å²) in [5.74, 6) is 1.28. The largest absolute Gasteiger partial charge is 0.342 e. The smallest absolute Gasteiger partial charge is 0.139 e. The average molecular weight is 306 g/mol. The summed E-state index contributed by atoms with van der Waals surface area (Å²) in [4.78, 5) is 7.50. The minimum absolute atomic E-state index is 0.275. The zero-order chi connectivity index (χ0) is 11.5. The second kappa shape index (κ2) is 5.15. The third kappa shape index (κ3) is 2.55. The standard InChI is InChI=1S/C11H11BrClFN2/c12-7-5-9-10(6-8(7)14)16-11(15-9)3-1-2-4-13/h5-6H,1-4H2,(H,15,16). The van der Waals surface area contributed by atoms with E-state index in [0.29, 0.717) is 10.4 Å². The van der Waals surface area contributed by atoms with Crippen molar-refractivity contribution in [2.75, 3.05) is 5.88 Å².